The molecule has 0 atom stereocenters. The molecule has 2 rings (SSSR count). The number of hydrogen-bond donors (Lipinski definition) is 2. The van der Waals surface area contributed by atoms with E-state index in [1.807, 2.05) is 0 Å². The zero-order valence-electron chi connectivity index (χ0n) is 6.53. The lowest BCUT2D eigenvalue weighted by Crippen LogP contribution is -1.92. The van der Waals surface area contributed by atoms with Gasteiger partial charge in [0.15, 0.2) is 0 Å². The second kappa shape index (κ2) is 3.18. The van der Waals surface area contributed by atoms with Crippen molar-refractivity contribution in [2.75, 3.05) is 5.32 Å². The van der Waals surface area contributed by atoms with Crippen LogP contribution < -0.4 is 5.32 Å². The number of H-pyrrole nitrogens is 1. The molecule has 0 saturated carbocycles. The molecule has 13 heavy (non-hydrogen) atoms. The van der Waals surface area contributed by atoms with E-state index in [2.05, 4.69) is 25.9 Å². The lowest BCUT2D eigenvalue weighted by atomic mass is 10.3. The van der Waals surface area contributed by atoms with Crippen LogP contribution in [0.1, 0.15) is 0 Å². The third kappa shape index (κ3) is 1.78. The zero-order valence-corrected chi connectivity index (χ0v) is 6.53. The largest absolute Gasteiger partial charge is 0.321 e. The molecular weight excluding hydrogens is 173 g/mol. The summed E-state index contributed by atoms with van der Waals surface area (Å²) in [5.74, 6) is -0.000838. The fraction of sp³-hybridized carbons (Fsp3) is 0. The van der Waals surface area contributed by atoms with Crippen LogP contribution in [0, 0.1) is 5.82 Å². The van der Waals surface area contributed by atoms with Crippen LogP contribution in [0.15, 0.2) is 24.3 Å². The average Bonchev–Trinajstić information content (AvgIpc) is 2.57. The number of rotatable bonds is 2. The minimum absolute atomic E-state index is 0.311. The van der Waals surface area contributed by atoms with Gasteiger partial charge in [-0.15, -0.1) is 5.10 Å². The van der Waals surface area contributed by atoms with E-state index in [1.54, 1.807) is 12.1 Å². The maximum atomic E-state index is 12.7. The van der Waals surface area contributed by atoms with Crippen molar-refractivity contribution >= 4 is 11.6 Å². The summed E-state index contributed by atoms with van der Waals surface area (Å²) in [6.07, 6.45) is 0. The van der Waals surface area contributed by atoms with E-state index < -0.39 is 0 Å². The molecule has 0 amide bonds. The minimum atomic E-state index is -0.312. The standard InChI is InChI=1S/C7H6FN5/c8-5-2-1-3-6(4-5)9-7-10-12-13-11-7/h1-4H,(H2,9,10,11,12,13). The average molecular weight is 179 g/mol. The van der Waals surface area contributed by atoms with Crippen molar-refractivity contribution in [2.24, 2.45) is 0 Å². The summed E-state index contributed by atoms with van der Waals surface area (Å²) in [6.45, 7) is 0. The molecule has 0 unspecified atom stereocenters. The van der Waals surface area contributed by atoms with Gasteiger partial charge in [-0.1, -0.05) is 11.2 Å². The van der Waals surface area contributed by atoms with Crippen LogP contribution in [0.2, 0.25) is 0 Å². The molecule has 5 nitrogen and oxygen atoms in total. The van der Waals surface area contributed by atoms with E-state index >= 15 is 0 Å². The highest BCUT2D eigenvalue weighted by atomic mass is 19.1. The van der Waals surface area contributed by atoms with Crippen LogP contribution in [-0.4, -0.2) is 20.6 Å². The Balaban J connectivity index is 2.19. The molecule has 0 aliphatic heterocycles. The van der Waals surface area contributed by atoms with Crippen LogP contribution in [0.3, 0.4) is 0 Å². The predicted octanol–water partition coefficient (Wildman–Crippen LogP) is 1.08. The van der Waals surface area contributed by atoms with Gasteiger partial charge in [0, 0.05) is 5.69 Å². The summed E-state index contributed by atoms with van der Waals surface area (Å²) in [5, 5.41) is 15.7. The lowest BCUT2D eigenvalue weighted by molar-refractivity contribution is 0.628. The first-order valence-corrected chi connectivity index (χ1v) is 3.60. The topological polar surface area (TPSA) is 66.5 Å². The molecule has 0 aliphatic rings. The smallest absolute Gasteiger partial charge is 0.267 e. The van der Waals surface area contributed by atoms with Gasteiger partial charge in [0.25, 0.3) is 5.95 Å². The van der Waals surface area contributed by atoms with Gasteiger partial charge in [0.2, 0.25) is 0 Å². The second-order valence-electron chi connectivity index (χ2n) is 2.37. The number of hydrogen-bond acceptors (Lipinski definition) is 4. The van der Waals surface area contributed by atoms with Crippen LogP contribution in [0.5, 0.6) is 0 Å². The Labute approximate surface area is 73.0 Å². The summed E-state index contributed by atoms with van der Waals surface area (Å²) in [5.41, 5.74) is 0.585. The van der Waals surface area contributed by atoms with Gasteiger partial charge < -0.3 is 5.32 Å². The lowest BCUT2D eigenvalue weighted by Gasteiger charge is -1.99. The van der Waals surface area contributed by atoms with Gasteiger partial charge in [-0.2, -0.15) is 5.21 Å². The van der Waals surface area contributed by atoms with E-state index in [9.17, 15) is 4.39 Å². The summed E-state index contributed by atoms with van der Waals surface area (Å²) < 4.78 is 12.7. The molecule has 0 bridgehead atoms. The van der Waals surface area contributed by atoms with Crippen molar-refractivity contribution in [3.05, 3.63) is 30.1 Å². The van der Waals surface area contributed by atoms with E-state index in [-0.39, 0.29) is 5.82 Å². The third-order valence-corrected chi connectivity index (χ3v) is 1.43. The van der Waals surface area contributed by atoms with Gasteiger partial charge in [-0.25, -0.2) is 4.39 Å². The van der Waals surface area contributed by atoms with Crippen molar-refractivity contribution in [1.29, 1.82) is 0 Å². The molecule has 0 radical (unpaired) electrons. The van der Waals surface area contributed by atoms with E-state index in [4.69, 9.17) is 0 Å². The number of anilines is 2. The van der Waals surface area contributed by atoms with E-state index in [0.717, 1.165) is 0 Å². The van der Waals surface area contributed by atoms with Crippen LogP contribution in [-0.2, 0) is 0 Å². The summed E-state index contributed by atoms with van der Waals surface area (Å²) in [7, 11) is 0. The zero-order chi connectivity index (χ0) is 9.10. The third-order valence-electron chi connectivity index (χ3n) is 1.43. The van der Waals surface area contributed by atoms with Gasteiger partial charge in [0.1, 0.15) is 5.82 Å². The highest BCUT2D eigenvalue weighted by Crippen LogP contribution is 2.12. The van der Waals surface area contributed by atoms with Crippen LogP contribution >= 0.6 is 0 Å². The van der Waals surface area contributed by atoms with Gasteiger partial charge in [0.05, 0.1) is 0 Å². The van der Waals surface area contributed by atoms with Gasteiger partial charge in [-0.3, -0.25) is 0 Å². The molecule has 0 saturated heterocycles. The number of nitrogens with one attached hydrogen (secondary N) is 2. The van der Waals surface area contributed by atoms with E-state index in [0.29, 0.717) is 11.6 Å². The van der Waals surface area contributed by atoms with Crippen molar-refractivity contribution in [3.8, 4) is 0 Å². The maximum absolute atomic E-state index is 12.7. The Morgan fingerprint density at radius 2 is 2.31 bits per heavy atom. The van der Waals surface area contributed by atoms with Crippen molar-refractivity contribution in [3.63, 3.8) is 0 Å². The van der Waals surface area contributed by atoms with Crippen LogP contribution in [0.4, 0.5) is 16.0 Å². The molecule has 66 valence electrons. The Morgan fingerprint density at radius 3 is 3.00 bits per heavy atom. The van der Waals surface area contributed by atoms with Crippen LogP contribution in [0.25, 0.3) is 0 Å². The number of benzene rings is 1. The molecule has 0 fully saturated rings. The number of aromatic amines is 1. The first-order chi connectivity index (χ1) is 6.34. The molecule has 0 spiro atoms. The fourth-order valence-corrected chi connectivity index (χ4v) is 0.910. The Morgan fingerprint density at radius 1 is 1.38 bits per heavy atom. The highest BCUT2D eigenvalue weighted by Gasteiger charge is 1.98. The SMILES string of the molecule is Fc1cccc(Nc2nn[nH]n2)c1. The molecule has 1 aromatic carbocycles. The Hall–Kier alpha value is -1.98. The monoisotopic (exact) mass is 179 g/mol. The summed E-state index contributed by atoms with van der Waals surface area (Å²) >= 11 is 0. The number of tetrazole rings is 1. The van der Waals surface area contributed by atoms with Crippen molar-refractivity contribution < 1.29 is 4.39 Å². The van der Waals surface area contributed by atoms with Crippen molar-refractivity contribution in [2.45, 2.75) is 0 Å². The second-order valence-corrected chi connectivity index (χ2v) is 2.37. The number of nitrogens with zero attached hydrogens (tertiary/aromatic N) is 3. The first-order valence-electron chi connectivity index (χ1n) is 3.60. The maximum Gasteiger partial charge on any atom is 0.267 e. The molecule has 6 heteroatoms. The molecule has 2 N–H and O–H groups in total. The molecule has 0 aliphatic carbocycles. The predicted molar refractivity (Wildman–Crippen MR) is 43.9 cm³/mol. The van der Waals surface area contributed by atoms with Gasteiger partial charge in [-0.05, 0) is 23.4 Å². The fourth-order valence-electron chi connectivity index (χ4n) is 0.910. The quantitative estimate of drug-likeness (QED) is 0.723. The number of halogens is 1. The Kier molecular flexibility index (Phi) is 1.87. The molecule has 2 aromatic rings. The van der Waals surface area contributed by atoms with Gasteiger partial charge >= 0.3 is 0 Å². The van der Waals surface area contributed by atoms with Crippen molar-refractivity contribution in [1.82, 2.24) is 20.6 Å². The highest BCUT2D eigenvalue weighted by molar-refractivity contribution is 5.51. The summed E-state index contributed by atoms with van der Waals surface area (Å²) in [6, 6.07) is 6.01. The molecule has 1 heterocycles. The number of aromatic nitrogens is 4. The van der Waals surface area contributed by atoms with E-state index in [1.165, 1.54) is 12.1 Å². The molecular formula is C7H6FN5. The minimum Gasteiger partial charge on any atom is -0.321 e. The normalized spacial score (nSPS) is 9.92. The Bertz CT molecular complexity index is 386. The first kappa shape index (κ1) is 7.66. The molecule has 1 aromatic heterocycles. The summed E-state index contributed by atoms with van der Waals surface area (Å²) in [4.78, 5) is 0.